The summed E-state index contributed by atoms with van der Waals surface area (Å²) in [4.78, 5) is 9.28. The van der Waals surface area contributed by atoms with E-state index < -0.39 is 0 Å². The van der Waals surface area contributed by atoms with Gasteiger partial charge in [0.05, 0.1) is 0 Å². The Morgan fingerprint density at radius 3 is 2.62 bits per heavy atom. The highest BCUT2D eigenvalue weighted by Crippen LogP contribution is 2.20. The van der Waals surface area contributed by atoms with Gasteiger partial charge in [-0.1, -0.05) is 50.6 Å². The van der Waals surface area contributed by atoms with Crippen molar-refractivity contribution in [3.63, 3.8) is 0 Å². The van der Waals surface area contributed by atoms with E-state index in [4.69, 9.17) is 11.6 Å². The molecule has 0 fully saturated rings. The van der Waals surface area contributed by atoms with E-state index in [-0.39, 0.29) is 0 Å². The highest BCUT2D eigenvalue weighted by atomic mass is 35.5. The van der Waals surface area contributed by atoms with Gasteiger partial charge in [-0.15, -0.1) is 0 Å². The van der Waals surface area contributed by atoms with Crippen LogP contribution in [0.25, 0.3) is 0 Å². The third-order valence-electron chi connectivity index (χ3n) is 3.25. The Balaban J connectivity index is 2.29. The molecule has 0 radical (unpaired) electrons. The van der Waals surface area contributed by atoms with Gasteiger partial charge in [-0.25, -0.2) is 9.97 Å². The van der Waals surface area contributed by atoms with E-state index in [0.717, 1.165) is 40.9 Å². The zero-order chi connectivity index (χ0) is 15.2. The Hall–Kier alpha value is -1.61. The molecule has 0 aliphatic rings. The molecule has 112 valence electrons. The van der Waals surface area contributed by atoms with Crippen LogP contribution in [0.2, 0.25) is 5.02 Å². The number of nitrogens with zero attached hydrogens (tertiary/aromatic N) is 2. The lowest BCUT2D eigenvalue weighted by Gasteiger charge is -2.12. The van der Waals surface area contributed by atoms with Gasteiger partial charge in [0.25, 0.3) is 0 Å². The molecule has 0 aliphatic heterocycles. The molecule has 3 nitrogen and oxygen atoms in total. The average molecular weight is 304 g/mol. The minimum absolute atomic E-state index is 0.375. The highest BCUT2D eigenvalue weighted by Gasteiger charge is 2.09. The Morgan fingerprint density at radius 2 is 1.95 bits per heavy atom. The van der Waals surface area contributed by atoms with E-state index >= 15 is 0 Å². The lowest BCUT2D eigenvalue weighted by molar-refractivity contribution is 0.790. The lowest BCUT2D eigenvalue weighted by Crippen LogP contribution is -2.08. The van der Waals surface area contributed by atoms with E-state index in [2.05, 4.69) is 36.1 Å². The molecule has 0 spiro atoms. The molecular weight excluding hydrogens is 282 g/mol. The van der Waals surface area contributed by atoms with Gasteiger partial charge >= 0.3 is 0 Å². The summed E-state index contributed by atoms with van der Waals surface area (Å²) < 4.78 is 0. The molecule has 2 aromatic rings. The van der Waals surface area contributed by atoms with Crippen molar-refractivity contribution in [3.8, 4) is 0 Å². The van der Waals surface area contributed by atoms with Crippen LogP contribution in [-0.4, -0.2) is 16.5 Å². The summed E-state index contributed by atoms with van der Waals surface area (Å²) in [6.45, 7) is 7.35. The Bertz CT molecular complexity index is 596. The molecule has 1 aromatic carbocycles. The van der Waals surface area contributed by atoms with E-state index in [1.807, 2.05) is 30.3 Å². The first kappa shape index (κ1) is 15.8. The Morgan fingerprint density at radius 1 is 1.19 bits per heavy atom. The second kappa shape index (κ2) is 7.41. The molecule has 4 heteroatoms. The maximum absolute atomic E-state index is 6.23. The molecular formula is C17H22ClN3. The number of halogens is 1. The normalized spacial score (nSPS) is 10.9. The topological polar surface area (TPSA) is 37.8 Å². The van der Waals surface area contributed by atoms with Crippen molar-refractivity contribution in [1.29, 1.82) is 0 Å². The van der Waals surface area contributed by atoms with Crippen molar-refractivity contribution in [3.05, 3.63) is 52.4 Å². The van der Waals surface area contributed by atoms with Crippen LogP contribution in [0.4, 0.5) is 5.82 Å². The molecule has 0 bridgehead atoms. The minimum Gasteiger partial charge on any atom is -0.370 e. The summed E-state index contributed by atoms with van der Waals surface area (Å²) in [7, 11) is 0. The molecule has 0 aliphatic carbocycles. The monoisotopic (exact) mass is 303 g/mol. The number of rotatable bonds is 6. The van der Waals surface area contributed by atoms with Gasteiger partial charge in [-0.3, -0.25) is 0 Å². The lowest BCUT2D eigenvalue weighted by atomic mass is 10.1. The van der Waals surface area contributed by atoms with Gasteiger partial charge in [0.2, 0.25) is 0 Å². The molecule has 2 rings (SSSR count). The van der Waals surface area contributed by atoms with Gasteiger partial charge in [-0.2, -0.15) is 0 Å². The molecule has 0 saturated heterocycles. The van der Waals surface area contributed by atoms with Gasteiger partial charge in [-0.05, 0) is 24.0 Å². The van der Waals surface area contributed by atoms with E-state index in [9.17, 15) is 0 Å². The van der Waals surface area contributed by atoms with Crippen LogP contribution in [0.1, 0.15) is 50.2 Å². The molecule has 21 heavy (non-hydrogen) atoms. The van der Waals surface area contributed by atoms with Crippen LogP contribution in [-0.2, 0) is 6.42 Å². The summed E-state index contributed by atoms with van der Waals surface area (Å²) in [6.07, 6.45) is 1.72. The number of hydrogen-bond acceptors (Lipinski definition) is 3. The second-order valence-electron chi connectivity index (χ2n) is 5.44. The van der Waals surface area contributed by atoms with E-state index in [0.29, 0.717) is 12.3 Å². The largest absolute Gasteiger partial charge is 0.370 e. The van der Waals surface area contributed by atoms with Crippen LogP contribution in [0.3, 0.4) is 0 Å². The van der Waals surface area contributed by atoms with E-state index in [1.54, 1.807) is 0 Å². The summed E-state index contributed by atoms with van der Waals surface area (Å²) in [6, 6.07) is 9.89. The van der Waals surface area contributed by atoms with Gasteiger partial charge < -0.3 is 5.32 Å². The van der Waals surface area contributed by atoms with Crippen LogP contribution in [0.5, 0.6) is 0 Å². The first-order valence-electron chi connectivity index (χ1n) is 7.45. The van der Waals surface area contributed by atoms with Gasteiger partial charge in [0.15, 0.2) is 0 Å². The predicted octanol–water partition coefficient (Wildman–Crippen LogP) is 4.67. The minimum atomic E-state index is 0.375. The predicted molar refractivity (Wildman–Crippen MR) is 89.2 cm³/mol. The van der Waals surface area contributed by atoms with E-state index in [1.165, 1.54) is 0 Å². The third-order valence-corrected chi connectivity index (χ3v) is 3.62. The number of benzene rings is 1. The van der Waals surface area contributed by atoms with Crippen molar-refractivity contribution >= 4 is 17.4 Å². The average Bonchev–Trinajstić information content (AvgIpc) is 2.47. The molecule has 1 N–H and O–H groups in total. The van der Waals surface area contributed by atoms with Crippen molar-refractivity contribution in [1.82, 2.24) is 9.97 Å². The quantitative estimate of drug-likeness (QED) is 0.843. The Kier molecular flexibility index (Phi) is 5.57. The van der Waals surface area contributed by atoms with Crippen molar-refractivity contribution in [2.24, 2.45) is 0 Å². The standard InChI is InChI=1S/C17H22ClN3/c1-4-9-19-16-11-15(12(2)3)20-17(21-16)10-13-7-5-6-8-14(13)18/h5-8,11-12H,4,9-10H2,1-3H3,(H,19,20,21). The van der Waals surface area contributed by atoms with Crippen molar-refractivity contribution < 1.29 is 0 Å². The van der Waals surface area contributed by atoms with Crippen molar-refractivity contribution in [2.45, 2.75) is 39.5 Å². The summed E-state index contributed by atoms with van der Waals surface area (Å²) in [5.74, 6) is 2.09. The van der Waals surface area contributed by atoms with Crippen molar-refractivity contribution in [2.75, 3.05) is 11.9 Å². The maximum Gasteiger partial charge on any atom is 0.135 e. The highest BCUT2D eigenvalue weighted by molar-refractivity contribution is 6.31. The Labute approximate surface area is 131 Å². The zero-order valence-electron chi connectivity index (χ0n) is 12.9. The number of hydrogen-bond donors (Lipinski definition) is 1. The molecule has 1 aromatic heterocycles. The smallest absolute Gasteiger partial charge is 0.135 e. The number of anilines is 1. The van der Waals surface area contributed by atoms with Crippen LogP contribution in [0, 0.1) is 0 Å². The summed E-state index contributed by atoms with van der Waals surface area (Å²) in [5.41, 5.74) is 2.12. The van der Waals surface area contributed by atoms with Crippen LogP contribution < -0.4 is 5.32 Å². The maximum atomic E-state index is 6.23. The molecule has 0 atom stereocenters. The second-order valence-corrected chi connectivity index (χ2v) is 5.85. The zero-order valence-corrected chi connectivity index (χ0v) is 13.6. The number of nitrogens with one attached hydrogen (secondary N) is 1. The van der Waals surface area contributed by atoms with Crippen LogP contribution >= 0.6 is 11.6 Å². The molecule has 0 saturated carbocycles. The van der Waals surface area contributed by atoms with Gasteiger partial charge in [0, 0.05) is 29.7 Å². The fraction of sp³-hybridized carbons (Fsp3) is 0.412. The first-order valence-corrected chi connectivity index (χ1v) is 7.83. The summed E-state index contributed by atoms with van der Waals surface area (Å²) in [5, 5.41) is 4.11. The van der Waals surface area contributed by atoms with Gasteiger partial charge in [0.1, 0.15) is 11.6 Å². The fourth-order valence-corrected chi connectivity index (χ4v) is 2.25. The molecule has 0 unspecified atom stereocenters. The molecule has 0 amide bonds. The third kappa shape index (κ3) is 4.43. The number of aromatic nitrogens is 2. The first-order chi connectivity index (χ1) is 10.1. The summed E-state index contributed by atoms with van der Waals surface area (Å²) >= 11 is 6.23. The fourth-order valence-electron chi connectivity index (χ4n) is 2.05. The van der Waals surface area contributed by atoms with Crippen LogP contribution in [0.15, 0.2) is 30.3 Å². The SMILES string of the molecule is CCCNc1cc(C(C)C)nc(Cc2ccccc2Cl)n1. The molecule has 1 heterocycles.